The summed E-state index contributed by atoms with van der Waals surface area (Å²) in [6, 6.07) is 5.28. The van der Waals surface area contributed by atoms with Crippen LogP contribution in [-0.2, 0) is 14.6 Å². The molecule has 0 aliphatic heterocycles. The molecule has 0 radical (unpaired) electrons. The van der Waals surface area contributed by atoms with Gasteiger partial charge in [0, 0.05) is 11.8 Å². The van der Waals surface area contributed by atoms with E-state index in [4.69, 9.17) is 0 Å². The van der Waals surface area contributed by atoms with Crippen molar-refractivity contribution in [1.29, 1.82) is 0 Å². The van der Waals surface area contributed by atoms with E-state index in [-0.39, 0.29) is 15.8 Å². The van der Waals surface area contributed by atoms with Crippen molar-refractivity contribution in [3.63, 3.8) is 0 Å². The maximum Gasteiger partial charge on any atom is 0.229 e. The topological polar surface area (TPSA) is 68.3 Å². The van der Waals surface area contributed by atoms with E-state index in [0.29, 0.717) is 0 Å². The van der Waals surface area contributed by atoms with Gasteiger partial charge in [0.25, 0.3) is 0 Å². The number of halogens is 1. The third-order valence-corrected chi connectivity index (χ3v) is 3.56. The number of benzene rings is 1. The van der Waals surface area contributed by atoms with Gasteiger partial charge in [0.15, 0.2) is 9.84 Å². The Morgan fingerprint density at radius 2 is 1.69 bits per heavy atom. The fraction of sp³-hybridized carbons (Fsp3) is 0.200. The van der Waals surface area contributed by atoms with Crippen molar-refractivity contribution in [2.45, 2.75) is 4.90 Å². The van der Waals surface area contributed by atoms with Gasteiger partial charge in [-0.15, -0.1) is 0 Å². The third kappa shape index (κ3) is 2.99. The van der Waals surface area contributed by atoms with Crippen LogP contribution in [0.25, 0.3) is 0 Å². The maximum atomic E-state index is 11.4. The summed E-state index contributed by atoms with van der Waals surface area (Å²) in [5, 5.41) is -0.0420. The molecule has 86 valence electrons. The molecule has 0 saturated carbocycles. The van der Waals surface area contributed by atoms with Crippen LogP contribution in [-0.4, -0.2) is 31.6 Å². The number of carbonyl (C=O) groups excluding carboxylic acids is 2. The number of carbonyl (C=O) groups is 2. The second-order valence-corrected chi connectivity index (χ2v) is 5.76. The zero-order valence-corrected chi connectivity index (χ0v) is 10.8. The summed E-state index contributed by atoms with van der Waals surface area (Å²) in [6.07, 6.45) is 1.08. The van der Waals surface area contributed by atoms with E-state index in [1.165, 1.54) is 24.3 Å². The highest BCUT2D eigenvalue weighted by Crippen LogP contribution is 2.11. The van der Waals surface area contributed by atoms with Crippen molar-refractivity contribution < 1.29 is 18.0 Å². The second kappa shape index (κ2) is 4.88. The van der Waals surface area contributed by atoms with Gasteiger partial charge in [-0.05, 0) is 24.3 Å². The summed E-state index contributed by atoms with van der Waals surface area (Å²) in [5.41, 5.74) is 0.192. The molecule has 0 bridgehead atoms. The molecule has 1 rings (SSSR count). The fourth-order valence-electron chi connectivity index (χ4n) is 1.08. The lowest BCUT2D eigenvalue weighted by atomic mass is 10.1. The van der Waals surface area contributed by atoms with Crippen molar-refractivity contribution in [2.75, 3.05) is 11.6 Å². The third-order valence-electron chi connectivity index (χ3n) is 1.92. The second-order valence-electron chi connectivity index (χ2n) is 3.18. The Bertz CT molecular complexity index is 516. The summed E-state index contributed by atoms with van der Waals surface area (Å²) in [4.78, 5) is 22.6. The van der Waals surface area contributed by atoms with Gasteiger partial charge in [-0.3, -0.25) is 9.59 Å². The summed E-state index contributed by atoms with van der Waals surface area (Å²) >= 11 is 2.89. The molecule has 0 aromatic heterocycles. The Balaban J connectivity index is 3.05. The number of alkyl halides is 1. The molecule has 1 aromatic rings. The molecule has 0 heterocycles. The lowest BCUT2D eigenvalue weighted by Gasteiger charge is -2.00. The Morgan fingerprint density at radius 1 is 1.19 bits per heavy atom. The lowest BCUT2D eigenvalue weighted by Crippen LogP contribution is -2.15. The number of ketones is 2. The van der Waals surface area contributed by atoms with Crippen LogP contribution in [0.15, 0.2) is 29.2 Å². The number of sulfone groups is 1. The van der Waals surface area contributed by atoms with Crippen molar-refractivity contribution in [3.05, 3.63) is 29.8 Å². The minimum absolute atomic E-state index is 0.0420. The van der Waals surface area contributed by atoms with E-state index in [2.05, 4.69) is 15.9 Å². The zero-order chi connectivity index (χ0) is 12.3. The lowest BCUT2D eigenvalue weighted by molar-refractivity contribution is -0.112. The summed E-state index contributed by atoms with van der Waals surface area (Å²) < 4.78 is 22.3. The number of hydrogen-bond acceptors (Lipinski definition) is 4. The smallest absolute Gasteiger partial charge is 0.229 e. The van der Waals surface area contributed by atoms with E-state index in [1.807, 2.05) is 0 Å². The predicted molar refractivity (Wildman–Crippen MR) is 62.7 cm³/mol. The average Bonchev–Trinajstić information content (AvgIpc) is 2.26. The van der Waals surface area contributed by atoms with E-state index in [0.717, 1.165) is 6.26 Å². The maximum absolute atomic E-state index is 11.4. The molecule has 16 heavy (non-hydrogen) atoms. The number of rotatable bonds is 4. The van der Waals surface area contributed by atoms with E-state index >= 15 is 0 Å². The first-order chi connectivity index (χ1) is 7.36. The van der Waals surface area contributed by atoms with Gasteiger partial charge in [0.05, 0.1) is 10.2 Å². The van der Waals surface area contributed by atoms with Crippen LogP contribution in [0.1, 0.15) is 10.4 Å². The first kappa shape index (κ1) is 13.1. The van der Waals surface area contributed by atoms with Crippen molar-refractivity contribution in [3.8, 4) is 0 Å². The Hall–Kier alpha value is -1.01. The Morgan fingerprint density at radius 3 is 2.06 bits per heavy atom. The van der Waals surface area contributed by atoms with Crippen LogP contribution in [0.2, 0.25) is 0 Å². The molecule has 0 saturated heterocycles. The molecular formula is C10H9BrO4S. The van der Waals surface area contributed by atoms with Crippen molar-refractivity contribution >= 4 is 37.3 Å². The van der Waals surface area contributed by atoms with Gasteiger partial charge in [0.2, 0.25) is 11.6 Å². The largest absolute Gasteiger partial charge is 0.290 e. The van der Waals surface area contributed by atoms with Gasteiger partial charge in [-0.1, -0.05) is 15.9 Å². The molecule has 0 amide bonds. The predicted octanol–water partition coefficient (Wildman–Crippen LogP) is 1.24. The molecule has 4 nitrogen and oxygen atoms in total. The first-order valence-corrected chi connectivity index (χ1v) is 7.31. The van der Waals surface area contributed by atoms with Gasteiger partial charge >= 0.3 is 0 Å². The quantitative estimate of drug-likeness (QED) is 0.477. The minimum Gasteiger partial charge on any atom is -0.290 e. The molecule has 0 fully saturated rings. The van der Waals surface area contributed by atoms with Gasteiger partial charge in [-0.2, -0.15) is 0 Å². The molecule has 0 aliphatic rings. The molecule has 1 aromatic carbocycles. The van der Waals surface area contributed by atoms with Crippen molar-refractivity contribution in [2.24, 2.45) is 0 Å². The van der Waals surface area contributed by atoms with Gasteiger partial charge < -0.3 is 0 Å². The number of Topliss-reactive ketones (excluding diaryl/α,β-unsaturated/α-hetero) is 2. The van der Waals surface area contributed by atoms with Crippen molar-refractivity contribution in [1.82, 2.24) is 0 Å². The number of hydrogen-bond donors (Lipinski definition) is 0. The molecule has 6 heteroatoms. The Labute approximate surface area is 102 Å². The molecule has 0 spiro atoms. The molecule has 0 N–H and O–H groups in total. The zero-order valence-electron chi connectivity index (χ0n) is 8.44. The van der Waals surface area contributed by atoms with E-state index < -0.39 is 21.4 Å². The first-order valence-electron chi connectivity index (χ1n) is 4.30. The van der Waals surface area contributed by atoms with E-state index in [1.54, 1.807) is 0 Å². The van der Waals surface area contributed by atoms with Gasteiger partial charge in [-0.25, -0.2) is 8.42 Å². The molecule has 0 atom stereocenters. The summed E-state index contributed by atoms with van der Waals surface area (Å²) in [5.74, 6) is -1.19. The van der Waals surface area contributed by atoms with Crippen LogP contribution in [0.4, 0.5) is 0 Å². The van der Waals surface area contributed by atoms with Crippen LogP contribution in [0.3, 0.4) is 0 Å². The SMILES string of the molecule is CS(=O)(=O)c1ccc(C(=O)C(=O)CBr)cc1. The van der Waals surface area contributed by atoms with Crippen LogP contribution >= 0.6 is 15.9 Å². The minimum atomic E-state index is -3.28. The standard InChI is InChI=1S/C10H9BrO4S/c1-16(14,15)8-4-2-7(3-5-8)10(13)9(12)6-11/h2-5H,6H2,1H3. The van der Waals surface area contributed by atoms with Crippen LogP contribution in [0, 0.1) is 0 Å². The average molecular weight is 305 g/mol. The highest BCUT2D eigenvalue weighted by molar-refractivity contribution is 9.09. The van der Waals surface area contributed by atoms with E-state index in [9.17, 15) is 18.0 Å². The van der Waals surface area contributed by atoms with Gasteiger partial charge in [0.1, 0.15) is 0 Å². The summed E-state index contributed by atoms with van der Waals surface area (Å²) in [7, 11) is -3.28. The Kier molecular flexibility index (Phi) is 3.98. The highest BCUT2D eigenvalue weighted by Gasteiger charge is 2.15. The summed E-state index contributed by atoms with van der Waals surface area (Å²) in [6.45, 7) is 0. The monoisotopic (exact) mass is 304 g/mol. The van der Waals surface area contributed by atoms with Crippen LogP contribution < -0.4 is 0 Å². The normalized spacial score (nSPS) is 11.1. The fourth-order valence-corrected chi connectivity index (χ4v) is 1.96. The highest BCUT2D eigenvalue weighted by atomic mass is 79.9. The van der Waals surface area contributed by atoms with Crippen LogP contribution in [0.5, 0.6) is 0 Å². The molecule has 0 unspecified atom stereocenters. The molecular weight excluding hydrogens is 296 g/mol. The molecule has 0 aliphatic carbocycles.